The molecule has 8 rings (SSSR count). The Morgan fingerprint density at radius 1 is 0.895 bits per heavy atom. The molecule has 5 N–H and O–H groups in total. The van der Waals surface area contributed by atoms with Crippen LogP contribution in [0.15, 0.2) is 55.1 Å². The summed E-state index contributed by atoms with van der Waals surface area (Å²) in [6.45, 7) is 8.66. The van der Waals surface area contributed by atoms with Gasteiger partial charge < -0.3 is 31.5 Å². The molecule has 1 heterocycles. The molecule has 7 fully saturated rings. The first-order chi connectivity index (χ1) is 27.4. The van der Waals surface area contributed by atoms with Gasteiger partial charge in [-0.3, -0.25) is 24.0 Å². The Morgan fingerprint density at radius 2 is 1.56 bits per heavy atom. The van der Waals surface area contributed by atoms with Crippen molar-refractivity contribution in [1.82, 2.24) is 31.5 Å². The number of benzene rings is 1. The maximum Gasteiger partial charge on any atom is 0.315 e. The van der Waals surface area contributed by atoms with Crippen molar-refractivity contribution in [1.29, 1.82) is 0 Å². The minimum atomic E-state index is -1.13. The summed E-state index contributed by atoms with van der Waals surface area (Å²) in [4.78, 5) is 83.5. The SMILES string of the molecule is C=CCC[C@@H](NC(=O)[C@@H]1[C@@H]2C(CN1C(=O)[C@@H](NC(=O)NC13CC4CC(CC(C4)C1)C3)C1CCCCC1)C2(C)C)C(=O)C(=O)NC/C=C/C(=O)NCc1ccccc1. The summed E-state index contributed by atoms with van der Waals surface area (Å²) >= 11 is 0. The molecule has 12 nitrogen and oxygen atoms in total. The number of ketones is 1. The molecule has 1 aromatic carbocycles. The number of fused-ring (bicyclic) bond motifs is 1. The lowest BCUT2D eigenvalue weighted by atomic mass is 9.53. The average Bonchev–Trinajstić information content (AvgIpc) is 3.48. The van der Waals surface area contributed by atoms with Crippen LogP contribution in [0.1, 0.15) is 103 Å². The Hall–Kier alpha value is -4.48. The molecule has 5 atom stereocenters. The van der Waals surface area contributed by atoms with E-state index in [4.69, 9.17) is 0 Å². The third-order valence-corrected chi connectivity index (χ3v) is 14.3. The van der Waals surface area contributed by atoms with E-state index in [1.54, 1.807) is 11.0 Å². The van der Waals surface area contributed by atoms with Gasteiger partial charge in [0.15, 0.2) is 0 Å². The van der Waals surface area contributed by atoms with Crippen LogP contribution >= 0.6 is 0 Å². The van der Waals surface area contributed by atoms with Gasteiger partial charge in [0.05, 0.1) is 6.04 Å². The quantitative estimate of drug-likeness (QED) is 0.0928. The second-order valence-corrected chi connectivity index (χ2v) is 18.7. The zero-order chi connectivity index (χ0) is 40.3. The number of hydrogen-bond acceptors (Lipinski definition) is 6. The molecule has 1 saturated heterocycles. The van der Waals surface area contributed by atoms with Crippen molar-refractivity contribution in [2.45, 2.75) is 128 Å². The van der Waals surface area contributed by atoms with Gasteiger partial charge >= 0.3 is 6.03 Å². The number of carbonyl (C=O) groups is 6. The summed E-state index contributed by atoms with van der Waals surface area (Å²) in [7, 11) is 0. The van der Waals surface area contributed by atoms with Crippen molar-refractivity contribution >= 4 is 35.4 Å². The lowest BCUT2D eigenvalue weighted by Gasteiger charge is -2.56. The fourth-order valence-electron chi connectivity index (χ4n) is 11.7. The molecule has 1 aliphatic heterocycles. The molecular weight excluding hydrogens is 721 g/mol. The van der Waals surface area contributed by atoms with Gasteiger partial charge in [-0.05, 0) is 111 Å². The number of amides is 6. The zero-order valence-corrected chi connectivity index (χ0v) is 33.7. The molecule has 7 aliphatic rings. The van der Waals surface area contributed by atoms with E-state index in [1.807, 2.05) is 30.3 Å². The third-order valence-electron chi connectivity index (χ3n) is 14.3. The standard InChI is InChI=1S/C45H62N6O6/c1-4-5-17-34(39(53)41(55)46-19-12-18-35(52)47-26-28-13-8-6-9-14-28)48-40(54)38-36-33(44(36,2)3)27-51(38)42(56)37(32-15-10-7-11-16-32)49-43(57)50-45-23-29-20-30(24-45)22-31(21-29)25-45/h4,6,8-9,12-14,18,29-34,36-38H,1,5,7,10-11,15-17,19-27H2,2-3H3,(H,46,55)(H,47,52)(H,48,54)(H2,49,50,57)/b18-12+/t29?,30?,31?,33?,34-,36+,37+,38+,45?/m1/s1. The van der Waals surface area contributed by atoms with E-state index >= 15 is 0 Å². The van der Waals surface area contributed by atoms with Crippen LogP contribution in [0.3, 0.4) is 0 Å². The van der Waals surface area contributed by atoms with Crippen LogP contribution in [-0.2, 0) is 30.5 Å². The lowest BCUT2D eigenvalue weighted by Crippen LogP contribution is -2.64. The monoisotopic (exact) mass is 782 g/mol. The van der Waals surface area contributed by atoms with E-state index in [0.29, 0.717) is 37.3 Å². The number of nitrogens with one attached hydrogen (secondary N) is 5. The summed E-state index contributed by atoms with van der Waals surface area (Å²) in [5.41, 5.74) is 0.570. The maximum absolute atomic E-state index is 14.8. The Bertz CT molecular complexity index is 1700. The van der Waals surface area contributed by atoms with Gasteiger partial charge in [0.25, 0.3) is 5.91 Å². The van der Waals surface area contributed by atoms with Crippen LogP contribution in [0, 0.1) is 40.9 Å². The molecule has 1 aromatic rings. The first-order valence-electron chi connectivity index (χ1n) is 21.5. The summed E-state index contributed by atoms with van der Waals surface area (Å²) < 4.78 is 0. The number of nitrogens with zero attached hydrogens (tertiary/aromatic N) is 1. The van der Waals surface area contributed by atoms with Crippen molar-refractivity contribution in [3.05, 3.63) is 60.7 Å². The molecule has 0 radical (unpaired) electrons. The molecule has 6 amide bonds. The number of piperidine rings is 1. The number of rotatable bonds is 16. The van der Waals surface area contributed by atoms with Crippen LogP contribution in [0.4, 0.5) is 4.79 Å². The minimum Gasteiger partial charge on any atom is -0.348 e. The Labute approximate surface area is 337 Å². The second-order valence-electron chi connectivity index (χ2n) is 18.7. The highest BCUT2D eigenvalue weighted by atomic mass is 16.2. The van der Waals surface area contributed by atoms with Gasteiger partial charge in [0.2, 0.25) is 23.5 Å². The summed E-state index contributed by atoms with van der Waals surface area (Å²) in [6, 6.07) is 6.46. The summed E-state index contributed by atoms with van der Waals surface area (Å²) in [6.07, 6.45) is 16.5. The van der Waals surface area contributed by atoms with E-state index < -0.39 is 35.7 Å². The van der Waals surface area contributed by atoms with Gasteiger partial charge in [-0.25, -0.2) is 4.79 Å². The van der Waals surface area contributed by atoms with Gasteiger partial charge in [0, 0.05) is 31.2 Å². The highest BCUT2D eigenvalue weighted by Gasteiger charge is 2.70. The number of carbonyl (C=O) groups excluding carboxylic acids is 6. The summed E-state index contributed by atoms with van der Waals surface area (Å²) in [5.74, 6) is -0.770. The Morgan fingerprint density at radius 3 is 2.21 bits per heavy atom. The first kappa shape index (κ1) is 40.7. The number of allylic oxidation sites excluding steroid dienone is 1. The number of likely N-dealkylation sites (tertiary alicyclic amines) is 1. The highest BCUT2D eigenvalue weighted by molar-refractivity contribution is 6.38. The fraction of sp³-hybridized carbons (Fsp3) is 0.644. The molecule has 12 heteroatoms. The normalized spacial score (nSPS) is 30.5. The molecule has 4 bridgehead atoms. The first-order valence-corrected chi connectivity index (χ1v) is 21.5. The molecule has 57 heavy (non-hydrogen) atoms. The fourth-order valence-corrected chi connectivity index (χ4v) is 11.7. The van der Waals surface area contributed by atoms with E-state index in [9.17, 15) is 28.8 Å². The van der Waals surface area contributed by atoms with E-state index in [-0.39, 0.29) is 59.5 Å². The van der Waals surface area contributed by atoms with Crippen LogP contribution in [0.2, 0.25) is 0 Å². The highest BCUT2D eigenvalue weighted by Crippen LogP contribution is 2.65. The van der Waals surface area contributed by atoms with Crippen molar-refractivity contribution in [2.24, 2.45) is 40.9 Å². The molecular formula is C45H62N6O6. The van der Waals surface area contributed by atoms with Gasteiger partial charge in [0.1, 0.15) is 12.1 Å². The molecule has 0 aromatic heterocycles. The van der Waals surface area contributed by atoms with Crippen LogP contribution in [-0.4, -0.2) is 77.1 Å². The van der Waals surface area contributed by atoms with Crippen LogP contribution < -0.4 is 26.6 Å². The van der Waals surface area contributed by atoms with Crippen LogP contribution in [0.5, 0.6) is 0 Å². The summed E-state index contributed by atoms with van der Waals surface area (Å²) in [5, 5.41) is 14.8. The molecule has 1 unspecified atom stereocenters. The molecule has 6 aliphatic carbocycles. The molecule has 0 spiro atoms. The van der Waals surface area contributed by atoms with Crippen molar-refractivity contribution < 1.29 is 28.8 Å². The molecule has 6 saturated carbocycles. The Kier molecular flexibility index (Phi) is 12.3. The number of Topliss-reactive ketones (excluding diaryl/α,β-unsaturated/α-hetero) is 1. The van der Waals surface area contributed by atoms with Gasteiger partial charge in [-0.2, -0.15) is 0 Å². The third kappa shape index (κ3) is 9.15. The van der Waals surface area contributed by atoms with Crippen molar-refractivity contribution in [2.75, 3.05) is 13.1 Å². The molecule has 308 valence electrons. The largest absolute Gasteiger partial charge is 0.348 e. The van der Waals surface area contributed by atoms with E-state index in [0.717, 1.165) is 56.9 Å². The number of hydrogen-bond donors (Lipinski definition) is 5. The van der Waals surface area contributed by atoms with Crippen molar-refractivity contribution in [3.63, 3.8) is 0 Å². The Balaban J connectivity index is 0.996. The smallest absolute Gasteiger partial charge is 0.315 e. The predicted octanol–water partition coefficient (Wildman–Crippen LogP) is 4.70. The zero-order valence-electron chi connectivity index (χ0n) is 33.7. The van der Waals surface area contributed by atoms with Gasteiger partial charge in [-0.1, -0.05) is 75.6 Å². The second kappa shape index (κ2) is 17.2. The van der Waals surface area contributed by atoms with E-state index in [2.05, 4.69) is 47.0 Å². The lowest BCUT2D eigenvalue weighted by molar-refractivity contribution is -0.144. The van der Waals surface area contributed by atoms with E-state index in [1.165, 1.54) is 31.4 Å². The maximum atomic E-state index is 14.8. The average molecular weight is 783 g/mol. The van der Waals surface area contributed by atoms with Crippen molar-refractivity contribution in [3.8, 4) is 0 Å². The minimum absolute atomic E-state index is 0.0309. The predicted molar refractivity (Wildman–Crippen MR) is 216 cm³/mol. The van der Waals surface area contributed by atoms with Crippen LogP contribution in [0.25, 0.3) is 0 Å². The van der Waals surface area contributed by atoms with Gasteiger partial charge in [-0.15, -0.1) is 6.58 Å². The topological polar surface area (TPSA) is 166 Å². The number of urea groups is 1.